The van der Waals surface area contributed by atoms with Gasteiger partial charge in [0.05, 0.1) is 13.2 Å². The summed E-state index contributed by atoms with van der Waals surface area (Å²) in [6.07, 6.45) is 1.66. The number of nitrogens with zero attached hydrogens (tertiary/aromatic N) is 5. The van der Waals surface area contributed by atoms with Crippen molar-refractivity contribution in [1.29, 1.82) is 0 Å². The van der Waals surface area contributed by atoms with Crippen molar-refractivity contribution in [3.63, 3.8) is 0 Å². The molecule has 2 aromatic heterocycles. The summed E-state index contributed by atoms with van der Waals surface area (Å²) in [5.41, 5.74) is 7.28. The summed E-state index contributed by atoms with van der Waals surface area (Å²) in [5.74, 6) is 1.06. The lowest BCUT2D eigenvalue weighted by Gasteiger charge is -2.26. The number of carbonyl (C=O) groups is 1. The molecule has 0 unspecified atom stereocenters. The molecule has 1 aliphatic rings. The Bertz CT molecular complexity index is 968. The molecule has 0 saturated carbocycles. The third-order valence-corrected chi connectivity index (χ3v) is 4.72. The van der Waals surface area contributed by atoms with E-state index in [9.17, 15) is 4.79 Å². The number of nitrogens with two attached hydrogens (primary N) is 1. The second-order valence-corrected chi connectivity index (χ2v) is 6.81. The Hall–Kier alpha value is -3.50. The average molecular weight is 408 g/mol. The molecule has 0 bridgehead atoms. The third-order valence-electron chi connectivity index (χ3n) is 4.72. The molecule has 0 aliphatic carbocycles. The standard InChI is InChI=1S/C20H24N8O2/c21-19-25-20(26-28(19)17-3-1-2-8-22-17)24-16-6-4-15(5-7-16)18(29)23-9-10-27-11-13-30-14-12-27/h1-8H,9-14H2,(H,23,29)(H3,21,24,25,26). The first-order valence-electron chi connectivity index (χ1n) is 9.78. The van der Waals surface area contributed by atoms with Gasteiger partial charge in [-0.2, -0.15) is 9.67 Å². The number of anilines is 3. The fourth-order valence-corrected chi connectivity index (χ4v) is 3.11. The minimum atomic E-state index is -0.100. The number of rotatable bonds is 7. The molecule has 1 saturated heterocycles. The number of benzene rings is 1. The highest BCUT2D eigenvalue weighted by atomic mass is 16.5. The maximum absolute atomic E-state index is 12.3. The van der Waals surface area contributed by atoms with E-state index >= 15 is 0 Å². The summed E-state index contributed by atoms with van der Waals surface area (Å²) in [4.78, 5) is 23.0. The van der Waals surface area contributed by atoms with Crippen molar-refractivity contribution in [2.45, 2.75) is 0 Å². The van der Waals surface area contributed by atoms with Crippen LogP contribution in [-0.4, -0.2) is 69.9 Å². The molecule has 4 rings (SSSR count). The molecular weight excluding hydrogens is 384 g/mol. The van der Waals surface area contributed by atoms with Gasteiger partial charge in [-0.3, -0.25) is 9.69 Å². The lowest BCUT2D eigenvalue weighted by molar-refractivity contribution is 0.0383. The molecule has 1 fully saturated rings. The molecule has 0 spiro atoms. The van der Waals surface area contributed by atoms with Gasteiger partial charge in [-0.05, 0) is 36.4 Å². The number of aromatic nitrogens is 4. The van der Waals surface area contributed by atoms with E-state index in [1.54, 1.807) is 36.5 Å². The predicted molar refractivity (Wildman–Crippen MR) is 113 cm³/mol. The van der Waals surface area contributed by atoms with Crippen molar-refractivity contribution in [3.8, 4) is 5.82 Å². The van der Waals surface area contributed by atoms with Crippen LogP contribution in [0.15, 0.2) is 48.7 Å². The molecule has 1 amide bonds. The molecule has 1 aromatic carbocycles. The van der Waals surface area contributed by atoms with Gasteiger partial charge in [0, 0.05) is 43.6 Å². The van der Waals surface area contributed by atoms with Crippen molar-refractivity contribution >= 4 is 23.5 Å². The van der Waals surface area contributed by atoms with Gasteiger partial charge in [-0.1, -0.05) is 6.07 Å². The van der Waals surface area contributed by atoms with Gasteiger partial charge in [0.25, 0.3) is 5.91 Å². The molecule has 1 aliphatic heterocycles. The van der Waals surface area contributed by atoms with E-state index < -0.39 is 0 Å². The summed E-state index contributed by atoms with van der Waals surface area (Å²) >= 11 is 0. The molecule has 4 N–H and O–H groups in total. The second-order valence-electron chi connectivity index (χ2n) is 6.81. The minimum Gasteiger partial charge on any atom is -0.379 e. The van der Waals surface area contributed by atoms with Crippen LogP contribution in [-0.2, 0) is 4.74 Å². The normalized spacial score (nSPS) is 14.4. The fraction of sp³-hybridized carbons (Fsp3) is 0.300. The van der Waals surface area contributed by atoms with Crippen molar-refractivity contribution in [2.75, 3.05) is 50.4 Å². The zero-order chi connectivity index (χ0) is 20.8. The maximum atomic E-state index is 12.3. The third kappa shape index (κ3) is 4.91. The van der Waals surface area contributed by atoms with E-state index in [2.05, 4.69) is 30.6 Å². The van der Waals surface area contributed by atoms with Crippen molar-refractivity contribution in [1.82, 2.24) is 30.0 Å². The Kier molecular flexibility index (Phi) is 6.16. The molecule has 10 nitrogen and oxygen atoms in total. The number of morpholine rings is 1. The van der Waals surface area contributed by atoms with E-state index in [-0.39, 0.29) is 11.9 Å². The molecule has 30 heavy (non-hydrogen) atoms. The second kappa shape index (κ2) is 9.33. The smallest absolute Gasteiger partial charge is 0.251 e. The van der Waals surface area contributed by atoms with Crippen LogP contribution in [0, 0.1) is 0 Å². The van der Waals surface area contributed by atoms with Gasteiger partial charge in [0.2, 0.25) is 11.9 Å². The van der Waals surface area contributed by atoms with Gasteiger partial charge < -0.3 is 21.1 Å². The number of ether oxygens (including phenoxy) is 1. The zero-order valence-corrected chi connectivity index (χ0v) is 16.5. The lowest BCUT2D eigenvalue weighted by atomic mass is 10.2. The summed E-state index contributed by atoms with van der Waals surface area (Å²) in [6.45, 7) is 4.75. The fourth-order valence-electron chi connectivity index (χ4n) is 3.11. The van der Waals surface area contributed by atoms with E-state index in [0.717, 1.165) is 38.5 Å². The Morgan fingerprint density at radius 3 is 2.67 bits per heavy atom. The van der Waals surface area contributed by atoms with Gasteiger partial charge in [0.15, 0.2) is 5.82 Å². The number of pyridine rings is 1. The van der Waals surface area contributed by atoms with Crippen molar-refractivity contribution in [3.05, 3.63) is 54.2 Å². The molecule has 3 aromatic rings. The highest BCUT2D eigenvalue weighted by molar-refractivity contribution is 5.94. The summed E-state index contributed by atoms with van der Waals surface area (Å²) in [7, 11) is 0. The van der Waals surface area contributed by atoms with E-state index in [4.69, 9.17) is 10.5 Å². The van der Waals surface area contributed by atoms with Gasteiger partial charge in [-0.15, -0.1) is 5.10 Å². The molecule has 156 valence electrons. The first-order chi connectivity index (χ1) is 14.7. The number of amides is 1. The zero-order valence-electron chi connectivity index (χ0n) is 16.5. The molecule has 0 radical (unpaired) electrons. The molecule has 3 heterocycles. The monoisotopic (exact) mass is 408 g/mol. The number of nitrogens with one attached hydrogen (secondary N) is 2. The van der Waals surface area contributed by atoms with Crippen LogP contribution in [0.5, 0.6) is 0 Å². The maximum Gasteiger partial charge on any atom is 0.251 e. The Morgan fingerprint density at radius 1 is 1.13 bits per heavy atom. The Morgan fingerprint density at radius 2 is 1.93 bits per heavy atom. The largest absolute Gasteiger partial charge is 0.379 e. The SMILES string of the molecule is Nc1nc(Nc2ccc(C(=O)NCCN3CCOCC3)cc2)nn1-c1ccccn1. The Labute approximate surface area is 174 Å². The summed E-state index contributed by atoms with van der Waals surface area (Å²) < 4.78 is 6.78. The number of hydrogen-bond acceptors (Lipinski definition) is 8. The van der Waals surface area contributed by atoms with Crippen LogP contribution in [0.4, 0.5) is 17.6 Å². The van der Waals surface area contributed by atoms with E-state index in [0.29, 0.717) is 23.9 Å². The van der Waals surface area contributed by atoms with Gasteiger partial charge >= 0.3 is 0 Å². The van der Waals surface area contributed by atoms with E-state index in [1.807, 2.05) is 12.1 Å². The molecular formula is C20H24N8O2. The average Bonchev–Trinajstić information content (AvgIpc) is 3.15. The number of nitrogen functional groups attached to an aromatic ring is 1. The Balaban J connectivity index is 1.32. The van der Waals surface area contributed by atoms with E-state index in [1.165, 1.54) is 4.68 Å². The van der Waals surface area contributed by atoms with Crippen LogP contribution in [0.3, 0.4) is 0 Å². The van der Waals surface area contributed by atoms with Crippen LogP contribution in [0.1, 0.15) is 10.4 Å². The summed E-state index contributed by atoms with van der Waals surface area (Å²) in [6, 6.07) is 12.6. The van der Waals surface area contributed by atoms with Crippen molar-refractivity contribution in [2.24, 2.45) is 0 Å². The lowest BCUT2D eigenvalue weighted by Crippen LogP contribution is -2.41. The van der Waals surface area contributed by atoms with Crippen LogP contribution in [0.25, 0.3) is 5.82 Å². The van der Waals surface area contributed by atoms with Crippen LogP contribution < -0.4 is 16.4 Å². The van der Waals surface area contributed by atoms with Gasteiger partial charge in [0.1, 0.15) is 0 Å². The van der Waals surface area contributed by atoms with Crippen molar-refractivity contribution < 1.29 is 9.53 Å². The number of carbonyl (C=O) groups excluding carboxylic acids is 1. The minimum absolute atomic E-state index is 0.100. The molecule has 0 atom stereocenters. The molecule has 10 heteroatoms. The van der Waals surface area contributed by atoms with Crippen LogP contribution in [0.2, 0.25) is 0 Å². The topological polar surface area (TPSA) is 123 Å². The first-order valence-corrected chi connectivity index (χ1v) is 9.78. The number of hydrogen-bond donors (Lipinski definition) is 3. The highest BCUT2D eigenvalue weighted by Crippen LogP contribution is 2.17. The predicted octanol–water partition coefficient (Wildman–Crippen LogP) is 1.05. The first kappa shape index (κ1) is 19.8. The quantitative estimate of drug-likeness (QED) is 0.530. The van der Waals surface area contributed by atoms with Crippen LogP contribution >= 0.6 is 0 Å². The highest BCUT2D eigenvalue weighted by Gasteiger charge is 2.12. The van der Waals surface area contributed by atoms with Gasteiger partial charge in [-0.25, -0.2) is 4.98 Å². The summed E-state index contributed by atoms with van der Waals surface area (Å²) in [5, 5.41) is 10.4.